The summed E-state index contributed by atoms with van der Waals surface area (Å²) in [5.41, 5.74) is 11.1. The molecule has 9 aromatic carbocycles. The minimum atomic E-state index is 1.16. The van der Waals surface area contributed by atoms with Crippen LogP contribution in [0.2, 0.25) is 0 Å². The Morgan fingerprint density at radius 2 is 0.796 bits per heavy atom. The first-order valence-corrected chi connectivity index (χ1v) is 16.9. The fourth-order valence-corrected chi connectivity index (χ4v) is 8.01. The largest absolute Gasteiger partial charge is 0.309 e. The molecule has 0 fully saturated rings. The Labute approximate surface area is 284 Å². The van der Waals surface area contributed by atoms with Crippen LogP contribution in [0.3, 0.4) is 0 Å². The molecule has 0 radical (unpaired) electrons. The third kappa shape index (κ3) is 4.33. The molecule has 0 amide bonds. The summed E-state index contributed by atoms with van der Waals surface area (Å²) in [4.78, 5) is 0. The molecule has 1 heteroatoms. The quantitative estimate of drug-likeness (QED) is 0.172. The second-order valence-corrected chi connectivity index (χ2v) is 12.9. The molecular formula is C48H31N. The van der Waals surface area contributed by atoms with Crippen LogP contribution < -0.4 is 0 Å². The van der Waals surface area contributed by atoms with Crippen molar-refractivity contribution in [2.75, 3.05) is 0 Å². The minimum absolute atomic E-state index is 1.16. The van der Waals surface area contributed by atoms with E-state index in [1.54, 1.807) is 0 Å². The second kappa shape index (κ2) is 11.1. The Hall–Kier alpha value is -6.44. The van der Waals surface area contributed by atoms with Gasteiger partial charge in [0.15, 0.2) is 0 Å². The maximum atomic E-state index is 2.41. The molecule has 0 bridgehead atoms. The molecule has 228 valence electrons. The molecule has 0 spiro atoms. The first-order valence-electron chi connectivity index (χ1n) is 16.9. The van der Waals surface area contributed by atoms with Gasteiger partial charge in [0.25, 0.3) is 0 Å². The lowest BCUT2D eigenvalue weighted by atomic mass is 9.84. The van der Waals surface area contributed by atoms with E-state index in [0.717, 1.165) is 5.69 Å². The summed E-state index contributed by atoms with van der Waals surface area (Å²) >= 11 is 0. The average molecular weight is 622 g/mol. The van der Waals surface area contributed by atoms with Gasteiger partial charge in [0.1, 0.15) is 0 Å². The van der Waals surface area contributed by atoms with E-state index in [4.69, 9.17) is 0 Å². The molecule has 0 atom stereocenters. The number of para-hydroxylation sites is 1. The van der Waals surface area contributed by atoms with E-state index in [1.165, 1.54) is 87.5 Å². The zero-order valence-corrected chi connectivity index (χ0v) is 26.8. The Kier molecular flexibility index (Phi) is 6.25. The summed E-state index contributed by atoms with van der Waals surface area (Å²) in [6.07, 6.45) is 0. The SMILES string of the molecule is c1ccc(-c2ccc(-n3c4ccccc4c4cc(-c5c6ccccc6c(-c6cccc7ccccc67)c6ccccc56)ccc43)cc2)cc1. The van der Waals surface area contributed by atoms with Gasteiger partial charge in [-0.1, -0.05) is 158 Å². The third-order valence-corrected chi connectivity index (χ3v) is 10.2. The normalized spacial score (nSPS) is 11.7. The summed E-state index contributed by atoms with van der Waals surface area (Å²) in [5, 5.41) is 10.1. The number of rotatable bonds is 4. The molecular weight excluding hydrogens is 591 g/mol. The average Bonchev–Trinajstić information content (AvgIpc) is 3.51. The molecule has 10 aromatic rings. The highest BCUT2D eigenvalue weighted by atomic mass is 15.0. The van der Waals surface area contributed by atoms with E-state index in [-0.39, 0.29) is 0 Å². The smallest absolute Gasteiger partial charge is 0.0541 e. The maximum Gasteiger partial charge on any atom is 0.0541 e. The van der Waals surface area contributed by atoms with Crippen molar-refractivity contribution in [1.29, 1.82) is 0 Å². The van der Waals surface area contributed by atoms with Crippen LogP contribution in [0.1, 0.15) is 0 Å². The van der Waals surface area contributed by atoms with Gasteiger partial charge in [-0.05, 0) is 96.0 Å². The Bertz CT molecular complexity index is 2790. The first kappa shape index (κ1) is 27.7. The van der Waals surface area contributed by atoms with Crippen molar-refractivity contribution in [1.82, 2.24) is 4.57 Å². The highest BCUT2D eigenvalue weighted by Crippen LogP contribution is 2.46. The number of aromatic nitrogens is 1. The van der Waals surface area contributed by atoms with Gasteiger partial charge in [0, 0.05) is 16.5 Å². The van der Waals surface area contributed by atoms with E-state index in [1.807, 2.05) is 0 Å². The molecule has 0 saturated carbocycles. The van der Waals surface area contributed by atoms with E-state index in [9.17, 15) is 0 Å². The first-order chi connectivity index (χ1) is 24.3. The Morgan fingerprint density at radius 3 is 1.51 bits per heavy atom. The van der Waals surface area contributed by atoms with Crippen LogP contribution in [0.25, 0.3) is 93.2 Å². The van der Waals surface area contributed by atoms with Crippen molar-refractivity contribution < 1.29 is 0 Å². The molecule has 1 heterocycles. The zero-order valence-electron chi connectivity index (χ0n) is 26.8. The number of hydrogen-bond acceptors (Lipinski definition) is 0. The Morgan fingerprint density at radius 1 is 0.286 bits per heavy atom. The molecule has 0 aliphatic heterocycles. The fourth-order valence-electron chi connectivity index (χ4n) is 8.01. The van der Waals surface area contributed by atoms with Crippen molar-refractivity contribution in [2.24, 2.45) is 0 Å². The summed E-state index contributed by atoms with van der Waals surface area (Å²) in [7, 11) is 0. The van der Waals surface area contributed by atoms with E-state index < -0.39 is 0 Å². The van der Waals surface area contributed by atoms with Crippen LogP contribution in [0.5, 0.6) is 0 Å². The van der Waals surface area contributed by atoms with Crippen LogP contribution in [-0.2, 0) is 0 Å². The van der Waals surface area contributed by atoms with Gasteiger partial charge in [-0.25, -0.2) is 0 Å². The molecule has 49 heavy (non-hydrogen) atoms. The van der Waals surface area contributed by atoms with Crippen molar-refractivity contribution in [3.63, 3.8) is 0 Å². The van der Waals surface area contributed by atoms with E-state index in [2.05, 4.69) is 193 Å². The lowest BCUT2D eigenvalue weighted by molar-refractivity contribution is 1.18. The number of fused-ring (bicyclic) bond motifs is 6. The monoisotopic (exact) mass is 621 g/mol. The van der Waals surface area contributed by atoms with Crippen LogP contribution in [0.4, 0.5) is 0 Å². The van der Waals surface area contributed by atoms with Gasteiger partial charge in [0.05, 0.1) is 11.0 Å². The van der Waals surface area contributed by atoms with Gasteiger partial charge in [-0.3, -0.25) is 0 Å². The van der Waals surface area contributed by atoms with Crippen LogP contribution in [0.15, 0.2) is 188 Å². The molecule has 0 unspecified atom stereocenters. The number of nitrogens with zero attached hydrogens (tertiary/aromatic N) is 1. The number of benzene rings is 9. The molecule has 0 aliphatic carbocycles. The molecule has 1 aromatic heterocycles. The standard InChI is InChI=1S/C48H31N/c1-2-13-32(14-3-1)33-25-28-36(29-26-33)49-45-24-11-10-18-38(45)44-31-35(27-30-46(44)49)47-40-19-6-8-21-42(40)48(43-22-9-7-20-41(43)47)39-23-12-16-34-15-4-5-17-37(34)39/h1-31H. The van der Waals surface area contributed by atoms with Gasteiger partial charge in [0.2, 0.25) is 0 Å². The summed E-state index contributed by atoms with van der Waals surface area (Å²) < 4.78 is 2.41. The predicted octanol–water partition coefficient (Wildman–Crippen LogP) is 13.2. The lowest BCUT2D eigenvalue weighted by Gasteiger charge is -2.19. The lowest BCUT2D eigenvalue weighted by Crippen LogP contribution is -1.94. The van der Waals surface area contributed by atoms with Gasteiger partial charge < -0.3 is 4.57 Å². The Balaban J connectivity index is 1.22. The van der Waals surface area contributed by atoms with Gasteiger partial charge in [-0.2, -0.15) is 0 Å². The van der Waals surface area contributed by atoms with Gasteiger partial charge in [-0.15, -0.1) is 0 Å². The highest BCUT2D eigenvalue weighted by Gasteiger charge is 2.19. The van der Waals surface area contributed by atoms with E-state index in [0.29, 0.717) is 0 Å². The van der Waals surface area contributed by atoms with Crippen LogP contribution >= 0.6 is 0 Å². The van der Waals surface area contributed by atoms with Crippen molar-refractivity contribution in [3.8, 4) is 39.1 Å². The molecule has 0 aliphatic rings. The summed E-state index contributed by atoms with van der Waals surface area (Å²) in [6.45, 7) is 0. The van der Waals surface area contributed by atoms with Crippen molar-refractivity contribution in [2.45, 2.75) is 0 Å². The second-order valence-electron chi connectivity index (χ2n) is 12.9. The fraction of sp³-hybridized carbons (Fsp3) is 0. The molecule has 1 nitrogen and oxygen atoms in total. The highest BCUT2D eigenvalue weighted by molar-refractivity contribution is 6.24. The minimum Gasteiger partial charge on any atom is -0.309 e. The topological polar surface area (TPSA) is 4.93 Å². The van der Waals surface area contributed by atoms with Crippen molar-refractivity contribution >= 4 is 54.1 Å². The van der Waals surface area contributed by atoms with Crippen molar-refractivity contribution in [3.05, 3.63) is 188 Å². The molecule has 0 N–H and O–H groups in total. The van der Waals surface area contributed by atoms with Crippen LogP contribution in [0, 0.1) is 0 Å². The summed E-state index contributed by atoms with van der Waals surface area (Å²) in [5.74, 6) is 0. The molecule has 0 saturated heterocycles. The van der Waals surface area contributed by atoms with E-state index >= 15 is 0 Å². The summed E-state index contributed by atoms with van der Waals surface area (Å²) in [6, 6.07) is 68.7. The van der Waals surface area contributed by atoms with Gasteiger partial charge >= 0.3 is 0 Å². The predicted molar refractivity (Wildman–Crippen MR) is 210 cm³/mol. The third-order valence-electron chi connectivity index (χ3n) is 10.2. The number of hydrogen-bond donors (Lipinski definition) is 0. The molecule has 10 rings (SSSR count). The zero-order chi connectivity index (χ0) is 32.3. The van der Waals surface area contributed by atoms with Crippen LogP contribution in [-0.4, -0.2) is 4.57 Å². The maximum absolute atomic E-state index is 2.41.